The first-order valence-electron chi connectivity index (χ1n) is 7.37. The van der Waals surface area contributed by atoms with Crippen molar-refractivity contribution in [2.45, 2.75) is 32.2 Å². The SMILES string of the molecule is CCCCOC(=O)NC(Cc1ccccc1)C(=O)N(C)OC. The van der Waals surface area contributed by atoms with Crippen LogP contribution in [0.4, 0.5) is 4.79 Å². The van der Waals surface area contributed by atoms with Crippen LogP contribution in [-0.2, 0) is 20.8 Å². The van der Waals surface area contributed by atoms with E-state index in [4.69, 9.17) is 9.57 Å². The molecule has 1 unspecified atom stereocenters. The second-order valence-electron chi connectivity index (χ2n) is 4.89. The molecule has 122 valence electrons. The van der Waals surface area contributed by atoms with E-state index in [2.05, 4.69) is 5.32 Å². The lowest BCUT2D eigenvalue weighted by atomic mass is 10.1. The molecule has 0 bridgehead atoms. The number of benzene rings is 1. The highest BCUT2D eigenvalue weighted by atomic mass is 16.7. The average molecular weight is 308 g/mol. The minimum atomic E-state index is -0.735. The Morgan fingerprint density at radius 3 is 2.55 bits per heavy atom. The van der Waals surface area contributed by atoms with Crippen molar-refractivity contribution in [3.63, 3.8) is 0 Å². The topological polar surface area (TPSA) is 67.9 Å². The molecule has 22 heavy (non-hydrogen) atoms. The molecule has 0 fully saturated rings. The Morgan fingerprint density at radius 1 is 1.27 bits per heavy atom. The zero-order chi connectivity index (χ0) is 16.4. The third-order valence-corrected chi connectivity index (χ3v) is 3.19. The summed E-state index contributed by atoms with van der Waals surface area (Å²) < 4.78 is 5.05. The number of amides is 2. The van der Waals surface area contributed by atoms with Crippen molar-refractivity contribution in [3.05, 3.63) is 35.9 Å². The van der Waals surface area contributed by atoms with Gasteiger partial charge in [-0.3, -0.25) is 9.63 Å². The minimum Gasteiger partial charge on any atom is -0.450 e. The van der Waals surface area contributed by atoms with E-state index in [9.17, 15) is 9.59 Å². The van der Waals surface area contributed by atoms with Gasteiger partial charge in [-0.2, -0.15) is 0 Å². The van der Waals surface area contributed by atoms with E-state index < -0.39 is 12.1 Å². The molecule has 0 aliphatic carbocycles. The average Bonchev–Trinajstić information content (AvgIpc) is 2.54. The van der Waals surface area contributed by atoms with Crippen molar-refractivity contribution >= 4 is 12.0 Å². The Labute approximate surface area is 131 Å². The molecular weight excluding hydrogens is 284 g/mol. The van der Waals surface area contributed by atoms with Crippen molar-refractivity contribution < 1.29 is 19.2 Å². The molecule has 0 saturated carbocycles. The van der Waals surface area contributed by atoms with Gasteiger partial charge in [0.1, 0.15) is 6.04 Å². The van der Waals surface area contributed by atoms with E-state index in [1.54, 1.807) is 0 Å². The van der Waals surface area contributed by atoms with Gasteiger partial charge in [0, 0.05) is 13.5 Å². The molecule has 0 saturated heterocycles. The summed E-state index contributed by atoms with van der Waals surface area (Å²) in [4.78, 5) is 29.0. The second-order valence-corrected chi connectivity index (χ2v) is 4.89. The Hall–Kier alpha value is -2.08. The third kappa shape index (κ3) is 6.13. The van der Waals surface area contributed by atoms with E-state index in [1.165, 1.54) is 14.2 Å². The van der Waals surface area contributed by atoms with Crippen molar-refractivity contribution in [2.24, 2.45) is 0 Å². The maximum Gasteiger partial charge on any atom is 0.407 e. The smallest absolute Gasteiger partial charge is 0.407 e. The fourth-order valence-corrected chi connectivity index (χ4v) is 1.85. The summed E-state index contributed by atoms with van der Waals surface area (Å²) in [7, 11) is 2.90. The number of alkyl carbamates (subject to hydrolysis) is 1. The number of nitrogens with one attached hydrogen (secondary N) is 1. The first-order valence-corrected chi connectivity index (χ1v) is 7.37. The van der Waals surface area contributed by atoms with Gasteiger partial charge < -0.3 is 10.1 Å². The molecule has 0 aromatic heterocycles. The summed E-state index contributed by atoms with van der Waals surface area (Å²) in [6.45, 7) is 2.35. The van der Waals surface area contributed by atoms with Crippen molar-refractivity contribution in [1.82, 2.24) is 10.4 Å². The van der Waals surface area contributed by atoms with E-state index in [-0.39, 0.29) is 5.91 Å². The molecule has 1 aromatic rings. The lowest BCUT2D eigenvalue weighted by Crippen LogP contribution is -2.48. The van der Waals surface area contributed by atoms with Crippen LogP contribution in [0.2, 0.25) is 0 Å². The number of carbonyl (C=O) groups excluding carboxylic acids is 2. The van der Waals surface area contributed by atoms with Crippen molar-refractivity contribution in [1.29, 1.82) is 0 Å². The first-order chi connectivity index (χ1) is 10.6. The number of ether oxygens (including phenoxy) is 1. The Bertz CT molecular complexity index is 464. The Kier molecular flexibility index (Phi) is 7.99. The maximum atomic E-state index is 12.3. The molecule has 6 nitrogen and oxygen atoms in total. The number of hydrogen-bond donors (Lipinski definition) is 1. The van der Waals surface area contributed by atoms with Crippen molar-refractivity contribution in [2.75, 3.05) is 20.8 Å². The van der Waals surface area contributed by atoms with Crippen LogP contribution in [0.15, 0.2) is 30.3 Å². The van der Waals surface area contributed by atoms with Crippen LogP contribution in [0.5, 0.6) is 0 Å². The zero-order valence-electron chi connectivity index (χ0n) is 13.4. The van der Waals surface area contributed by atoms with Crippen LogP contribution < -0.4 is 5.32 Å². The normalized spacial score (nSPS) is 11.6. The number of unbranched alkanes of at least 4 members (excludes halogenated alkanes) is 1. The van der Waals surface area contributed by atoms with Crippen LogP contribution >= 0.6 is 0 Å². The van der Waals surface area contributed by atoms with Crippen LogP contribution in [-0.4, -0.2) is 43.9 Å². The quantitative estimate of drug-likeness (QED) is 0.590. The molecule has 1 N–H and O–H groups in total. The monoisotopic (exact) mass is 308 g/mol. The highest BCUT2D eigenvalue weighted by Gasteiger charge is 2.25. The van der Waals surface area contributed by atoms with Gasteiger partial charge in [0.2, 0.25) is 0 Å². The lowest BCUT2D eigenvalue weighted by Gasteiger charge is -2.22. The van der Waals surface area contributed by atoms with Crippen LogP contribution in [0.1, 0.15) is 25.3 Å². The summed E-state index contributed by atoms with van der Waals surface area (Å²) >= 11 is 0. The van der Waals surface area contributed by atoms with E-state index in [0.29, 0.717) is 13.0 Å². The largest absolute Gasteiger partial charge is 0.450 e. The molecule has 1 atom stereocenters. The first kappa shape index (κ1) is 18.0. The Balaban J connectivity index is 2.69. The molecule has 6 heteroatoms. The molecule has 0 aliphatic heterocycles. The summed E-state index contributed by atoms with van der Waals surface area (Å²) in [6, 6.07) is 8.73. The second kappa shape index (κ2) is 9.78. The maximum absolute atomic E-state index is 12.3. The molecule has 0 radical (unpaired) electrons. The lowest BCUT2D eigenvalue weighted by molar-refractivity contribution is -0.170. The highest BCUT2D eigenvalue weighted by Crippen LogP contribution is 2.06. The summed E-state index contributed by atoms with van der Waals surface area (Å²) in [5, 5.41) is 3.70. The number of rotatable bonds is 8. The van der Waals surface area contributed by atoms with Gasteiger partial charge in [-0.25, -0.2) is 9.86 Å². The summed E-state index contributed by atoms with van der Waals surface area (Å²) in [6.07, 6.45) is 1.51. The van der Waals surface area contributed by atoms with Gasteiger partial charge in [0.05, 0.1) is 13.7 Å². The van der Waals surface area contributed by atoms with Crippen LogP contribution in [0, 0.1) is 0 Å². The summed E-state index contributed by atoms with van der Waals surface area (Å²) in [5.74, 6) is -0.334. The number of likely N-dealkylation sites (N-methyl/N-ethyl adjacent to an activating group) is 1. The Morgan fingerprint density at radius 2 is 1.95 bits per heavy atom. The molecule has 2 amide bonds. The predicted octanol–water partition coefficient (Wildman–Crippen LogP) is 2.14. The fourth-order valence-electron chi connectivity index (χ4n) is 1.85. The minimum absolute atomic E-state index is 0.334. The predicted molar refractivity (Wildman–Crippen MR) is 83.1 cm³/mol. The van der Waals surface area contributed by atoms with Gasteiger partial charge in [-0.1, -0.05) is 43.7 Å². The number of hydroxylamine groups is 2. The van der Waals surface area contributed by atoms with E-state index in [1.807, 2.05) is 37.3 Å². The number of nitrogens with zero attached hydrogens (tertiary/aromatic N) is 1. The fraction of sp³-hybridized carbons (Fsp3) is 0.500. The standard InChI is InChI=1S/C16H24N2O4/c1-4-5-11-22-16(20)17-14(15(19)18(2)21-3)12-13-9-7-6-8-10-13/h6-10,14H,4-5,11-12H2,1-3H3,(H,17,20). The molecule has 0 heterocycles. The number of carbonyl (C=O) groups is 2. The van der Waals surface area contributed by atoms with Gasteiger partial charge >= 0.3 is 6.09 Å². The highest BCUT2D eigenvalue weighted by molar-refractivity contribution is 5.85. The van der Waals surface area contributed by atoms with E-state index in [0.717, 1.165) is 23.5 Å². The van der Waals surface area contributed by atoms with Gasteiger partial charge in [-0.05, 0) is 12.0 Å². The van der Waals surface area contributed by atoms with E-state index >= 15 is 0 Å². The summed E-state index contributed by atoms with van der Waals surface area (Å²) in [5.41, 5.74) is 0.944. The zero-order valence-corrected chi connectivity index (χ0v) is 13.4. The van der Waals surface area contributed by atoms with Gasteiger partial charge in [-0.15, -0.1) is 0 Å². The molecule has 0 spiro atoms. The van der Waals surface area contributed by atoms with Gasteiger partial charge in [0.25, 0.3) is 5.91 Å². The van der Waals surface area contributed by atoms with Crippen molar-refractivity contribution in [3.8, 4) is 0 Å². The molecule has 1 rings (SSSR count). The molecule has 0 aliphatic rings. The number of hydrogen-bond acceptors (Lipinski definition) is 4. The third-order valence-electron chi connectivity index (χ3n) is 3.19. The van der Waals surface area contributed by atoms with Crippen LogP contribution in [0.3, 0.4) is 0 Å². The molecule has 1 aromatic carbocycles. The molecular formula is C16H24N2O4. The van der Waals surface area contributed by atoms with Gasteiger partial charge in [0.15, 0.2) is 0 Å². The van der Waals surface area contributed by atoms with Crippen LogP contribution in [0.25, 0.3) is 0 Å².